The third-order valence-electron chi connectivity index (χ3n) is 6.02. The second kappa shape index (κ2) is 9.50. The SMILES string of the molecule is COc1ccc(-c2cn(C3CCCN(C(=O)C=CCN(C)C)C3)c3c(=O)[nH]nc(N)c23)cc1. The van der Waals surface area contributed by atoms with Gasteiger partial charge in [-0.1, -0.05) is 18.2 Å². The molecule has 0 saturated carbocycles. The molecule has 0 bridgehead atoms. The van der Waals surface area contributed by atoms with Crippen LogP contribution in [0.3, 0.4) is 0 Å². The summed E-state index contributed by atoms with van der Waals surface area (Å²) in [6.07, 6.45) is 7.18. The van der Waals surface area contributed by atoms with Gasteiger partial charge in [-0.05, 0) is 44.6 Å². The number of H-pyrrole nitrogens is 1. The molecule has 1 amide bonds. The third-order valence-corrected chi connectivity index (χ3v) is 6.02. The number of piperidine rings is 1. The Balaban J connectivity index is 1.71. The number of likely N-dealkylation sites (tertiary alicyclic amines) is 1. The molecule has 1 unspecified atom stereocenters. The lowest BCUT2D eigenvalue weighted by Gasteiger charge is -2.33. The first-order valence-corrected chi connectivity index (χ1v) is 11.0. The van der Waals surface area contributed by atoms with E-state index in [1.54, 1.807) is 13.2 Å². The number of rotatable bonds is 6. The molecule has 3 N–H and O–H groups in total. The minimum atomic E-state index is -0.298. The number of methoxy groups -OCH3 is 1. The molecule has 1 aliphatic heterocycles. The number of nitrogens with two attached hydrogens (primary N) is 1. The third kappa shape index (κ3) is 4.63. The summed E-state index contributed by atoms with van der Waals surface area (Å²) in [7, 11) is 5.54. The fourth-order valence-corrected chi connectivity index (χ4v) is 4.36. The molecule has 4 rings (SSSR count). The molecule has 1 aliphatic rings. The molecular formula is C24H30N6O3. The predicted octanol–water partition coefficient (Wildman–Crippen LogP) is 2.26. The van der Waals surface area contributed by atoms with Crippen LogP contribution in [0, 0.1) is 0 Å². The summed E-state index contributed by atoms with van der Waals surface area (Å²) in [6.45, 7) is 1.93. The number of anilines is 1. The second-order valence-corrected chi connectivity index (χ2v) is 8.59. The summed E-state index contributed by atoms with van der Waals surface area (Å²) in [4.78, 5) is 29.4. The van der Waals surface area contributed by atoms with E-state index in [1.165, 1.54) is 0 Å². The quantitative estimate of drug-likeness (QED) is 0.558. The summed E-state index contributed by atoms with van der Waals surface area (Å²) in [5.41, 5.74) is 8.15. The van der Waals surface area contributed by atoms with E-state index in [0.717, 1.165) is 29.7 Å². The van der Waals surface area contributed by atoms with Crippen molar-refractivity contribution in [1.29, 1.82) is 0 Å². The Morgan fingerprint density at radius 2 is 2.09 bits per heavy atom. The number of nitrogens with zero attached hydrogens (tertiary/aromatic N) is 4. The topological polar surface area (TPSA) is 109 Å². The van der Waals surface area contributed by atoms with Crippen LogP contribution < -0.4 is 16.0 Å². The van der Waals surface area contributed by atoms with Crippen molar-refractivity contribution in [2.45, 2.75) is 18.9 Å². The van der Waals surface area contributed by atoms with E-state index in [-0.39, 0.29) is 23.3 Å². The Kier molecular flexibility index (Phi) is 6.50. The first kappa shape index (κ1) is 22.6. The van der Waals surface area contributed by atoms with Gasteiger partial charge in [0, 0.05) is 37.5 Å². The van der Waals surface area contributed by atoms with Gasteiger partial charge in [0.2, 0.25) is 5.91 Å². The number of aromatic amines is 1. The van der Waals surface area contributed by atoms with Crippen molar-refractivity contribution in [2.24, 2.45) is 0 Å². The van der Waals surface area contributed by atoms with Gasteiger partial charge in [0.05, 0.1) is 18.5 Å². The van der Waals surface area contributed by atoms with Crippen LogP contribution in [0.1, 0.15) is 18.9 Å². The van der Waals surface area contributed by atoms with Gasteiger partial charge in [0.1, 0.15) is 11.3 Å². The number of hydrogen-bond acceptors (Lipinski definition) is 6. The molecule has 1 aromatic carbocycles. The number of aromatic nitrogens is 3. The van der Waals surface area contributed by atoms with E-state index in [1.807, 2.05) is 65.0 Å². The fourth-order valence-electron chi connectivity index (χ4n) is 4.36. The number of fused-ring (bicyclic) bond motifs is 1. The number of benzene rings is 1. The Labute approximate surface area is 192 Å². The Morgan fingerprint density at radius 1 is 1.33 bits per heavy atom. The maximum absolute atomic E-state index is 12.8. The maximum Gasteiger partial charge on any atom is 0.288 e. The molecule has 33 heavy (non-hydrogen) atoms. The van der Waals surface area contributed by atoms with Crippen molar-refractivity contribution in [2.75, 3.05) is 46.6 Å². The number of amides is 1. The number of likely N-dealkylation sites (N-methyl/N-ethyl adjacent to an activating group) is 1. The summed E-state index contributed by atoms with van der Waals surface area (Å²) in [5.74, 6) is 1.00. The molecule has 0 spiro atoms. The standard InChI is InChI=1S/C24H30N6O3/c1-28(2)12-5-7-20(31)29-13-4-6-17(14-29)30-15-19(16-8-10-18(33-3)11-9-16)21-22(30)24(32)27-26-23(21)25/h5,7-11,15,17H,4,6,12-14H2,1-3H3,(H2,25,26)(H,27,32). The molecule has 9 nitrogen and oxygen atoms in total. The first-order chi connectivity index (χ1) is 15.9. The maximum atomic E-state index is 12.8. The van der Waals surface area contributed by atoms with Crippen LogP contribution in [0.15, 0.2) is 47.4 Å². The van der Waals surface area contributed by atoms with Gasteiger partial charge in [-0.3, -0.25) is 9.59 Å². The zero-order valence-electron chi connectivity index (χ0n) is 19.2. The van der Waals surface area contributed by atoms with Gasteiger partial charge in [0.25, 0.3) is 5.56 Å². The number of nitrogens with one attached hydrogen (secondary N) is 1. The van der Waals surface area contributed by atoms with Gasteiger partial charge in [-0.25, -0.2) is 5.10 Å². The van der Waals surface area contributed by atoms with Crippen molar-refractivity contribution >= 4 is 22.6 Å². The number of carbonyl (C=O) groups is 1. The normalized spacial score (nSPS) is 16.7. The molecule has 3 heterocycles. The van der Waals surface area contributed by atoms with Crippen LogP contribution in [0.4, 0.5) is 5.82 Å². The minimum Gasteiger partial charge on any atom is -0.497 e. The van der Waals surface area contributed by atoms with E-state index in [0.29, 0.717) is 30.5 Å². The average molecular weight is 451 g/mol. The smallest absolute Gasteiger partial charge is 0.288 e. The number of hydrogen-bond donors (Lipinski definition) is 2. The lowest BCUT2D eigenvalue weighted by Crippen LogP contribution is -2.40. The molecule has 0 aliphatic carbocycles. The predicted molar refractivity (Wildman–Crippen MR) is 129 cm³/mol. The second-order valence-electron chi connectivity index (χ2n) is 8.59. The van der Waals surface area contributed by atoms with E-state index < -0.39 is 0 Å². The summed E-state index contributed by atoms with van der Waals surface area (Å²) in [6, 6.07) is 7.57. The molecule has 3 aromatic rings. The lowest BCUT2D eigenvalue weighted by molar-refractivity contribution is -0.127. The van der Waals surface area contributed by atoms with Crippen molar-refractivity contribution in [3.05, 3.63) is 53.0 Å². The van der Waals surface area contributed by atoms with Gasteiger partial charge in [0.15, 0.2) is 5.82 Å². The van der Waals surface area contributed by atoms with Crippen molar-refractivity contribution < 1.29 is 9.53 Å². The largest absolute Gasteiger partial charge is 0.497 e. The molecule has 174 valence electrons. The van der Waals surface area contributed by atoms with Gasteiger partial charge < -0.3 is 24.8 Å². The monoisotopic (exact) mass is 450 g/mol. The zero-order valence-corrected chi connectivity index (χ0v) is 19.2. The Bertz CT molecular complexity index is 1230. The minimum absolute atomic E-state index is 0.0107. The molecular weight excluding hydrogens is 420 g/mol. The highest BCUT2D eigenvalue weighted by atomic mass is 16.5. The number of nitrogen functional groups attached to an aromatic ring is 1. The van der Waals surface area contributed by atoms with Crippen molar-refractivity contribution in [3.63, 3.8) is 0 Å². The molecule has 1 atom stereocenters. The summed E-state index contributed by atoms with van der Waals surface area (Å²) in [5, 5.41) is 7.13. The molecule has 2 aromatic heterocycles. The highest BCUT2D eigenvalue weighted by Crippen LogP contribution is 2.36. The van der Waals surface area contributed by atoms with Crippen molar-refractivity contribution in [1.82, 2.24) is 24.6 Å². The highest BCUT2D eigenvalue weighted by Gasteiger charge is 2.27. The Morgan fingerprint density at radius 3 is 2.79 bits per heavy atom. The van der Waals surface area contributed by atoms with Gasteiger partial charge in [-0.15, -0.1) is 0 Å². The van der Waals surface area contributed by atoms with Gasteiger partial charge in [-0.2, -0.15) is 5.10 Å². The van der Waals surface area contributed by atoms with Crippen LogP contribution in [0.2, 0.25) is 0 Å². The van der Waals surface area contributed by atoms with Crippen LogP contribution in [-0.4, -0.2) is 71.3 Å². The lowest BCUT2D eigenvalue weighted by atomic mass is 10.1. The molecule has 1 saturated heterocycles. The van der Waals surface area contributed by atoms with Crippen LogP contribution in [0.25, 0.3) is 22.0 Å². The average Bonchev–Trinajstić information content (AvgIpc) is 3.23. The molecule has 0 radical (unpaired) electrons. The van der Waals surface area contributed by atoms with E-state index in [4.69, 9.17) is 10.5 Å². The van der Waals surface area contributed by atoms with E-state index in [2.05, 4.69) is 10.2 Å². The van der Waals surface area contributed by atoms with Crippen LogP contribution >= 0.6 is 0 Å². The number of ether oxygens (including phenoxy) is 1. The van der Waals surface area contributed by atoms with Crippen LogP contribution in [0.5, 0.6) is 5.75 Å². The number of carbonyl (C=O) groups excluding carboxylic acids is 1. The van der Waals surface area contributed by atoms with Crippen LogP contribution in [-0.2, 0) is 4.79 Å². The molecule has 9 heteroatoms. The summed E-state index contributed by atoms with van der Waals surface area (Å²) < 4.78 is 7.24. The summed E-state index contributed by atoms with van der Waals surface area (Å²) >= 11 is 0. The fraction of sp³-hybridized carbons (Fsp3) is 0.375. The van der Waals surface area contributed by atoms with E-state index in [9.17, 15) is 9.59 Å². The van der Waals surface area contributed by atoms with Gasteiger partial charge >= 0.3 is 0 Å². The zero-order chi connectivity index (χ0) is 23.5. The Hall–Kier alpha value is -3.59. The van der Waals surface area contributed by atoms with E-state index >= 15 is 0 Å². The first-order valence-electron chi connectivity index (χ1n) is 11.0. The molecule has 1 fully saturated rings. The van der Waals surface area contributed by atoms with Crippen molar-refractivity contribution in [3.8, 4) is 16.9 Å². The highest BCUT2D eigenvalue weighted by molar-refractivity contribution is 6.02.